The van der Waals surface area contributed by atoms with E-state index >= 15 is 0 Å². The first kappa shape index (κ1) is 15.1. The van der Waals surface area contributed by atoms with Crippen LogP contribution in [0.5, 0.6) is 11.5 Å². The smallest absolute Gasteiger partial charge is 0.250 e. The average molecular weight is 304 g/mol. The maximum atomic E-state index is 11.8. The first-order chi connectivity index (χ1) is 10.1. The molecule has 0 aliphatic carbocycles. The SMILES string of the molecule is COc1ccc(OC)c(/C=C/C(=O)Nc2nc(C)cs2)c1. The Morgan fingerprint density at radius 3 is 2.76 bits per heavy atom. The van der Waals surface area contributed by atoms with Gasteiger partial charge in [-0.15, -0.1) is 11.3 Å². The first-order valence-corrected chi connectivity index (χ1v) is 7.13. The summed E-state index contributed by atoms with van der Waals surface area (Å²) in [4.78, 5) is 16.0. The lowest BCUT2D eigenvalue weighted by molar-refractivity contribution is -0.111. The maximum Gasteiger partial charge on any atom is 0.250 e. The Kier molecular flexibility index (Phi) is 4.94. The van der Waals surface area contributed by atoms with Crippen LogP contribution in [-0.4, -0.2) is 25.1 Å². The third-order valence-electron chi connectivity index (χ3n) is 2.70. The average Bonchev–Trinajstić information content (AvgIpc) is 2.89. The van der Waals surface area contributed by atoms with Gasteiger partial charge in [-0.1, -0.05) is 0 Å². The fourth-order valence-corrected chi connectivity index (χ4v) is 2.38. The lowest BCUT2D eigenvalue weighted by Gasteiger charge is -2.07. The Morgan fingerprint density at radius 1 is 1.33 bits per heavy atom. The van der Waals surface area contributed by atoms with E-state index in [0.29, 0.717) is 16.6 Å². The summed E-state index contributed by atoms with van der Waals surface area (Å²) >= 11 is 1.39. The van der Waals surface area contributed by atoms with E-state index in [4.69, 9.17) is 9.47 Å². The van der Waals surface area contributed by atoms with Crippen molar-refractivity contribution in [1.29, 1.82) is 0 Å². The third kappa shape index (κ3) is 4.06. The predicted molar refractivity (Wildman–Crippen MR) is 84.1 cm³/mol. The predicted octanol–water partition coefficient (Wildman–Crippen LogP) is 3.12. The van der Waals surface area contributed by atoms with E-state index in [0.717, 1.165) is 11.3 Å². The van der Waals surface area contributed by atoms with Crippen LogP contribution in [0.3, 0.4) is 0 Å². The molecule has 1 heterocycles. The van der Waals surface area contributed by atoms with Crippen LogP contribution in [-0.2, 0) is 4.79 Å². The summed E-state index contributed by atoms with van der Waals surface area (Å²) in [5.41, 5.74) is 1.65. The zero-order valence-electron chi connectivity index (χ0n) is 12.0. The summed E-state index contributed by atoms with van der Waals surface area (Å²) in [5, 5.41) is 5.17. The highest BCUT2D eigenvalue weighted by molar-refractivity contribution is 7.13. The number of thiazole rings is 1. The van der Waals surface area contributed by atoms with Gasteiger partial charge in [0.15, 0.2) is 5.13 Å². The molecule has 0 unspecified atom stereocenters. The molecule has 0 saturated carbocycles. The molecule has 1 amide bonds. The molecule has 1 aromatic heterocycles. The van der Waals surface area contributed by atoms with E-state index in [1.54, 1.807) is 38.5 Å². The molecule has 6 heteroatoms. The van der Waals surface area contributed by atoms with Gasteiger partial charge in [-0.2, -0.15) is 0 Å². The second kappa shape index (κ2) is 6.90. The molecule has 0 aliphatic rings. The van der Waals surface area contributed by atoms with Gasteiger partial charge >= 0.3 is 0 Å². The van der Waals surface area contributed by atoms with Crippen molar-refractivity contribution in [2.75, 3.05) is 19.5 Å². The van der Waals surface area contributed by atoms with Crippen molar-refractivity contribution in [3.63, 3.8) is 0 Å². The number of nitrogens with one attached hydrogen (secondary N) is 1. The van der Waals surface area contributed by atoms with Gasteiger partial charge in [0.1, 0.15) is 11.5 Å². The summed E-state index contributed by atoms with van der Waals surface area (Å²) in [6.45, 7) is 1.88. The molecule has 0 fully saturated rings. The number of carbonyl (C=O) groups is 1. The minimum absolute atomic E-state index is 0.241. The van der Waals surface area contributed by atoms with Gasteiger partial charge < -0.3 is 9.47 Å². The number of aromatic nitrogens is 1. The molecule has 0 aliphatic heterocycles. The molecule has 2 aromatic rings. The van der Waals surface area contributed by atoms with Crippen molar-refractivity contribution in [3.05, 3.63) is 40.9 Å². The van der Waals surface area contributed by atoms with Crippen molar-refractivity contribution < 1.29 is 14.3 Å². The number of ether oxygens (including phenoxy) is 2. The minimum Gasteiger partial charge on any atom is -0.497 e. The number of anilines is 1. The van der Waals surface area contributed by atoms with Crippen molar-refractivity contribution in [2.45, 2.75) is 6.92 Å². The molecule has 110 valence electrons. The van der Waals surface area contributed by atoms with Crippen LogP contribution in [0, 0.1) is 6.92 Å². The van der Waals surface area contributed by atoms with Gasteiger partial charge in [0.05, 0.1) is 19.9 Å². The number of nitrogens with zero attached hydrogens (tertiary/aromatic N) is 1. The molecule has 0 radical (unpaired) electrons. The van der Waals surface area contributed by atoms with Crippen molar-refractivity contribution >= 4 is 28.5 Å². The molecule has 21 heavy (non-hydrogen) atoms. The van der Waals surface area contributed by atoms with Crippen LogP contribution in [0.2, 0.25) is 0 Å². The molecule has 0 bridgehead atoms. The monoisotopic (exact) mass is 304 g/mol. The van der Waals surface area contributed by atoms with Gasteiger partial charge in [-0.3, -0.25) is 10.1 Å². The third-order valence-corrected chi connectivity index (χ3v) is 3.58. The first-order valence-electron chi connectivity index (χ1n) is 6.25. The largest absolute Gasteiger partial charge is 0.497 e. The molecule has 0 atom stereocenters. The molecular weight excluding hydrogens is 288 g/mol. The lowest BCUT2D eigenvalue weighted by Crippen LogP contribution is -2.07. The standard InChI is InChI=1S/C15H16N2O3S/c1-10-9-21-15(16-10)17-14(18)7-4-11-8-12(19-2)5-6-13(11)20-3/h4-9H,1-3H3,(H,16,17,18)/b7-4+. The molecule has 5 nitrogen and oxygen atoms in total. The summed E-state index contributed by atoms with van der Waals surface area (Å²) in [6, 6.07) is 5.39. The van der Waals surface area contributed by atoms with Gasteiger partial charge in [0, 0.05) is 17.0 Å². The second-order valence-corrected chi connectivity index (χ2v) is 5.08. The quantitative estimate of drug-likeness (QED) is 0.862. The van der Waals surface area contributed by atoms with Gasteiger partial charge in [0.25, 0.3) is 0 Å². The molecule has 0 spiro atoms. The number of hydrogen-bond donors (Lipinski definition) is 1. The second-order valence-electron chi connectivity index (χ2n) is 4.22. The topological polar surface area (TPSA) is 60.5 Å². The minimum atomic E-state index is -0.241. The van der Waals surface area contributed by atoms with Gasteiger partial charge in [-0.25, -0.2) is 4.98 Å². The van der Waals surface area contributed by atoms with Crippen LogP contribution >= 0.6 is 11.3 Å². The zero-order valence-corrected chi connectivity index (χ0v) is 12.9. The zero-order chi connectivity index (χ0) is 15.2. The van der Waals surface area contributed by atoms with E-state index in [9.17, 15) is 4.79 Å². The Morgan fingerprint density at radius 2 is 2.14 bits per heavy atom. The molecule has 1 aromatic carbocycles. The van der Waals surface area contributed by atoms with Crippen LogP contribution in [0.15, 0.2) is 29.7 Å². The maximum absolute atomic E-state index is 11.8. The van der Waals surface area contributed by atoms with Crippen LogP contribution in [0.1, 0.15) is 11.3 Å². The van der Waals surface area contributed by atoms with Crippen molar-refractivity contribution in [1.82, 2.24) is 4.98 Å². The van der Waals surface area contributed by atoms with E-state index in [1.807, 2.05) is 12.3 Å². The van der Waals surface area contributed by atoms with Crippen molar-refractivity contribution in [2.24, 2.45) is 0 Å². The highest BCUT2D eigenvalue weighted by atomic mass is 32.1. The fraction of sp³-hybridized carbons (Fsp3) is 0.200. The van der Waals surface area contributed by atoms with E-state index in [1.165, 1.54) is 17.4 Å². The fourth-order valence-electron chi connectivity index (χ4n) is 1.69. The molecule has 2 rings (SSSR count). The highest BCUT2D eigenvalue weighted by Gasteiger charge is 2.04. The highest BCUT2D eigenvalue weighted by Crippen LogP contribution is 2.25. The molecule has 0 saturated heterocycles. The number of benzene rings is 1. The molecular formula is C15H16N2O3S. The Hall–Kier alpha value is -2.34. The lowest BCUT2D eigenvalue weighted by atomic mass is 10.1. The van der Waals surface area contributed by atoms with Crippen molar-refractivity contribution in [3.8, 4) is 11.5 Å². The van der Waals surface area contributed by atoms with Gasteiger partial charge in [-0.05, 0) is 31.2 Å². The Bertz CT molecular complexity index is 665. The Balaban J connectivity index is 2.10. The van der Waals surface area contributed by atoms with Gasteiger partial charge in [0.2, 0.25) is 5.91 Å². The molecule has 1 N–H and O–H groups in total. The summed E-state index contributed by atoms with van der Waals surface area (Å²) in [5.74, 6) is 1.13. The van der Waals surface area contributed by atoms with E-state index in [2.05, 4.69) is 10.3 Å². The number of amides is 1. The number of hydrogen-bond acceptors (Lipinski definition) is 5. The summed E-state index contributed by atoms with van der Waals surface area (Å²) in [7, 11) is 3.17. The van der Waals surface area contributed by atoms with Crippen LogP contribution in [0.4, 0.5) is 5.13 Å². The normalized spacial score (nSPS) is 10.6. The van der Waals surface area contributed by atoms with Crippen LogP contribution in [0.25, 0.3) is 6.08 Å². The van der Waals surface area contributed by atoms with E-state index in [-0.39, 0.29) is 5.91 Å². The number of carbonyl (C=O) groups excluding carboxylic acids is 1. The van der Waals surface area contributed by atoms with Crippen LogP contribution < -0.4 is 14.8 Å². The number of aryl methyl sites for hydroxylation is 1. The summed E-state index contributed by atoms with van der Waals surface area (Å²) < 4.78 is 10.4. The number of rotatable bonds is 5. The number of methoxy groups -OCH3 is 2. The van der Waals surface area contributed by atoms with E-state index < -0.39 is 0 Å². The summed E-state index contributed by atoms with van der Waals surface area (Å²) in [6.07, 6.45) is 3.12. The Labute approximate surface area is 127 Å².